The van der Waals surface area contributed by atoms with Crippen LogP contribution in [0.2, 0.25) is 0 Å². The summed E-state index contributed by atoms with van der Waals surface area (Å²) in [4.78, 5) is 0. The number of nitrogens with two attached hydrogens (primary N) is 1. The molecule has 0 amide bonds. The molecule has 2 rings (SSSR count). The van der Waals surface area contributed by atoms with Crippen molar-refractivity contribution in [3.63, 3.8) is 0 Å². The van der Waals surface area contributed by atoms with Gasteiger partial charge in [0.25, 0.3) is 0 Å². The zero-order valence-electron chi connectivity index (χ0n) is 10.9. The lowest BCUT2D eigenvalue weighted by Crippen LogP contribution is -2.13. The summed E-state index contributed by atoms with van der Waals surface area (Å²) in [6.45, 7) is 2.72. The number of ether oxygens (including phenoxy) is 1. The van der Waals surface area contributed by atoms with Crippen LogP contribution < -0.4 is 10.5 Å². The Morgan fingerprint density at radius 2 is 2.16 bits per heavy atom. The Morgan fingerprint density at radius 3 is 2.89 bits per heavy atom. The van der Waals surface area contributed by atoms with Crippen LogP contribution in [0.1, 0.15) is 31.9 Å². The normalized spacial score (nSPS) is 11.9. The minimum absolute atomic E-state index is 0.0818. The number of furan rings is 1. The third-order valence-corrected chi connectivity index (χ3v) is 2.88. The Hall–Kier alpha value is -2.17. The molecule has 0 atom stereocenters. The van der Waals surface area contributed by atoms with Crippen LogP contribution in [0.15, 0.2) is 33.8 Å². The number of fused-ring (bicyclic) bond motifs is 1. The molecule has 0 bridgehead atoms. The van der Waals surface area contributed by atoms with E-state index in [1.165, 1.54) is 0 Å². The van der Waals surface area contributed by atoms with E-state index in [0.717, 1.165) is 24.6 Å². The van der Waals surface area contributed by atoms with E-state index in [1.54, 1.807) is 0 Å². The molecule has 0 radical (unpaired) electrons. The van der Waals surface area contributed by atoms with Gasteiger partial charge in [0.15, 0.2) is 5.75 Å². The summed E-state index contributed by atoms with van der Waals surface area (Å²) < 4.78 is 11.3. The van der Waals surface area contributed by atoms with Gasteiger partial charge in [0.1, 0.15) is 5.58 Å². The number of hydrogen-bond donors (Lipinski definition) is 2. The van der Waals surface area contributed by atoms with Gasteiger partial charge in [-0.3, -0.25) is 0 Å². The smallest absolute Gasteiger partial charge is 0.215 e. The highest BCUT2D eigenvalue weighted by Crippen LogP contribution is 2.33. The fraction of sp³-hybridized carbons (Fsp3) is 0.357. The van der Waals surface area contributed by atoms with E-state index in [1.807, 2.05) is 24.3 Å². The van der Waals surface area contributed by atoms with E-state index in [-0.39, 0.29) is 11.6 Å². The highest BCUT2D eigenvalue weighted by molar-refractivity contribution is 6.03. The van der Waals surface area contributed by atoms with Crippen LogP contribution in [0.5, 0.6) is 5.75 Å². The summed E-state index contributed by atoms with van der Waals surface area (Å²) in [5.41, 5.74) is 6.28. The number of unbranched alkanes of at least 4 members (excludes halogenated alkanes) is 2. The summed E-state index contributed by atoms with van der Waals surface area (Å²) >= 11 is 0. The first kappa shape index (κ1) is 13.3. The van der Waals surface area contributed by atoms with Crippen molar-refractivity contribution in [1.29, 1.82) is 0 Å². The number of oxime groups is 1. The van der Waals surface area contributed by atoms with Gasteiger partial charge in [-0.1, -0.05) is 37.1 Å². The van der Waals surface area contributed by atoms with E-state index in [2.05, 4.69) is 12.1 Å². The Morgan fingerprint density at radius 1 is 1.37 bits per heavy atom. The second-order valence-electron chi connectivity index (χ2n) is 4.30. The van der Waals surface area contributed by atoms with Crippen LogP contribution in [0.3, 0.4) is 0 Å². The first-order valence-electron chi connectivity index (χ1n) is 6.40. The van der Waals surface area contributed by atoms with Gasteiger partial charge in [-0.15, -0.1) is 0 Å². The Bertz CT molecular complexity index is 575. The molecule has 0 aliphatic heterocycles. The number of hydrogen-bond acceptors (Lipinski definition) is 4. The summed E-state index contributed by atoms with van der Waals surface area (Å²) in [7, 11) is 0. The molecule has 102 valence electrons. The molecule has 1 aromatic carbocycles. The molecular weight excluding hydrogens is 244 g/mol. The van der Waals surface area contributed by atoms with Crippen molar-refractivity contribution in [2.75, 3.05) is 6.61 Å². The Kier molecular flexibility index (Phi) is 4.28. The zero-order valence-corrected chi connectivity index (χ0v) is 10.9. The number of para-hydroxylation sites is 1. The molecule has 0 aliphatic rings. The van der Waals surface area contributed by atoms with Gasteiger partial charge < -0.3 is 20.1 Å². The minimum atomic E-state index is -0.0818. The summed E-state index contributed by atoms with van der Waals surface area (Å²) in [6, 6.07) is 7.47. The predicted octanol–water partition coefficient (Wildman–Crippen LogP) is 3.10. The average molecular weight is 262 g/mol. The maximum absolute atomic E-state index is 8.79. The monoisotopic (exact) mass is 262 g/mol. The number of nitrogens with zero attached hydrogens (tertiary/aromatic N) is 1. The van der Waals surface area contributed by atoms with E-state index in [0.29, 0.717) is 17.9 Å². The molecular formula is C14H18N2O3. The van der Waals surface area contributed by atoms with Gasteiger partial charge in [-0.25, -0.2) is 0 Å². The molecule has 2 aromatic rings. The summed E-state index contributed by atoms with van der Waals surface area (Å²) in [5.74, 6) is 0.740. The lowest BCUT2D eigenvalue weighted by molar-refractivity contribution is 0.300. The molecule has 0 saturated carbocycles. The van der Waals surface area contributed by atoms with Crippen molar-refractivity contribution in [2.24, 2.45) is 10.9 Å². The third-order valence-electron chi connectivity index (χ3n) is 2.88. The maximum atomic E-state index is 8.79. The van der Waals surface area contributed by atoms with Crippen LogP contribution in [0.4, 0.5) is 0 Å². The average Bonchev–Trinajstić information content (AvgIpc) is 2.81. The van der Waals surface area contributed by atoms with Crippen LogP contribution in [0, 0.1) is 0 Å². The van der Waals surface area contributed by atoms with E-state index < -0.39 is 0 Å². The molecule has 0 spiro atoms. The summed E-state index contributed by atoms with van der Waals surface area (Å²) in [5, 5.41) is 12.6. The van der Waals surface area contributed by atoms with Crippen molar-refractivity contribution < 1.29 is 14.4 Å². The summed E-state index contributed by atoms with van der Waals surface area (Å²) in [6.07, 6.45) is 3.20. The van der Waals surface area contributed by atoms with Crippen LogP contribution in [-0.4, -0.2) is 17.6 Å². The van der Waals surface area contributed by atoms with Gasteiger partial charge in [-0.2, -0.15) is 0 Å². The molecule has 1 heterocycles. The third kappa shape index (κ3) is 2.81. The number of benzene rings is 1. The lowest BCUT2D eigenvalue weighted by Gasteiger charge is -2.05. The molecule has 0 aliphatic carbocycles. The second-order valence-corrected chi connectivity index (χ2v) is 4.30. The molecule has 19 heavy (non-hydrogen) atoms. The largest absolute Gasteiger partial charge is 0.489 e. The maximum Gasteiger partial charge on any atom is 0.215 e. The second kappa shape index (κ2) is 6.13. The van der Waals surface area contributed by atoms with Crippen LogP contribution in [-0.2, 0) is 0 Å². The molecule has 0 unspecified atom stereocenters. The Labute approximate surface area is 111 Å². The molecule has 1 aromatic heterocycles. The predicted molar refractivity (Wildman–Crippen MR) is 73.7 cm³/mol. The van der Waals surface area contributed by atoms with Crippen molar-refractivity contribution >= 4 is 16.8 Å². The highest BCUT2D eigenvalue weighted by atomic mass is 16.5. The van der Waals surface area contributed by atoms with E-state index in [4.69, 9.17) is 20.1 Å². The highest BCUT2D eigenvalue weighted by Gasteiger charge is 2.18. The number of rotatable bonds is 6. The number of amidine groups is 1. The topological polar surface area (TPSA) is 81.0 Å². The molecule has 0 saturated heterocycles. The quantitative estimate of drug-likeness (QED) is 0.275. The van der Waals surface area contributed by atoms with Crippen LogP contribution >= 0.6 is 0 Å². The van der Waals surface area contributed by atoms with Crippen molar-refractivity contribution in [2.45, 2.75) is 26.2 Å². The molecule has 0 fully saturated rings. The fourth-order valence-electron chi connectivity index (χ4n) is 1.91. The van der Waals surface area contributed by atoms with Crippen molar-refractivity contribution in [3.8, 4) is 5.75 Å². The SMILES string of the molecule is CCCCCOc1c(/C(N)=N/O)oc2ccccc12. The van der Waals surface area contributed by atoms with Gasteiger partial charge in [0.05, 0.1) is 12.0 Å². The lowest BCUT2D eigenvalue weighted by atomic mass is 10.2. The first-order valence-corrected chi connectivity index (χ1v) is 6.40. The first-order chi connectivity index (χ1) is 9.27. The van der Waals surface area contributed by atoms with E-state index in [9.17, 15) is 0 Å². The standard InChI is InChI=1S/C14H18N2O3/c1-2-3-6-9-18-12-10-7-4-5-8-11(10)19-13(12)14(15)16-17/h4-5,7-8,17H,2-3,6,9H2,1H3,(H2,15,16). The zero-order chi connectivity index (χ0) is 13.7. The van der Waals surface area contributed by atoms with Gasteiger partial charge in [-0.05, 0) is 18.6 Å². The fourth-order valence-corrected chi connectivity index (χ4v) is 1.91. The van der Waals surface area contributed by atoms with Crippen molar-refractivity contribution in [1.82, 2.24) is 0 Å². The van der Waals surface area contributed by atoms with Gasteiger partial charge in [0, 0.05) is 0 Å². The van der Waals surface area contributed by atoms with Crippen molar-refractivity contribution in [3.05, 3.63) is 30.0 Å². The van der Waals surface area contributed by atoms with E-state index >= 15 is 0 Å². The van der Waals surface area contributed by atoms with Gasteiger partial charge in [0.2, 0.25) is 11.6 Å². The molecule has 3 N–H and O–H groups in total. The van der Waals surface area contributed by atoms with Gasteiger partial charge >= 0.3 is 0 Å². The Balaban J connectivity index is 2.32. The minimum Gasteiger partial charge on any atom is -0.489 e. The van der Waals surface area contributed by atoms with Crippen LogP contribution in [0.25, 0.3) is 11.0 Å². The molecule has 5 nitrogen and oxygen atoms in total. The molecule has 5 heteroatoms.